The molecule has 0 aliphatic carbocycles. The van der Waals surface area contributed by atoms with Gasteiger partial charge >= 0.3 is 0 Å². The lowest BCUT2D eigenvalue weighted by atomic mass is 10.2. The van der Waals surface area contributed by atoms with Gasteiger partial charge in [0.1, 0.15) is 11.5 Å². The number of anilines is 1. The number of hydrogen-bond acceptors (Lipinski definition) is 5. The van der Waals surface area contributed by atoms with Crippen LogP contribution in [-0.4, -0.2) is 16.0 Å². The first kappa shape index (κ1) is 14.3. The van der Waals surface area contributed by atoms with E-state index in [1.54, 1.807) is 18.2 Å². The van der Waals surface area contributed by atoms with Crippen LogP contribution in [0.4, 0.5) is 5.69 Å². The number of nitrogens with one attached hydrogen (secondary N) is 1. The van der Waals surface area contributed by atoms with Gasteiger partial charge in [0.2, 0.25) is 5.91 Å². The molecule has 3 rings (SSSR count). The molecular weight excluding hydrogens is 300 g/mol. The van der Waals surface area contributed by atoms with Crippen molar-refractivity contribution in [3.8, 4) is 16.5 Å². The zero-order valence-electron chi connectivity index (χ0n) is 11.9. The Balaban J connectivity index is 1.67. The number of carbonyl (C=O) groups excluding carboxylic acids is 1. The molecule has 0 spiro atoms. The fourth-order valence-electron chi connectivity index (χ4n) is 1.99. The first-order chi connectivity index (χ1) is 10.6. The van der Waals surface area contributed by atoms with Crippen LogP contribution >= 0.6 is 11.3 Å². The number of para-hydroxylation sites is 2. The van der Waals surface area contributed by atoms with Gasteiger partial charge in [0.25, 0.3) is 0 Å². The van der Waals surface area contributed by atoms with Crippen molar-refractivity contribution in [2.75, 3.05) is 5.32 Å². The van der Waals surface area contributed by atoms with Crippen molar-refractivity contribution < 1.29 is 14.3 Å². The quantitative estimate of drug-likeness (QED) is 0.722. The van der Waals surface area contributed by atoms with Crippen LogP contribution < -0.4 is 5.32 Å². The summed E-state index contributed by atoms with van der Waals surface area (Å²) >= 11 is 1.43. The zero-order valence-corrected chi connectivity index (χ0v) is 12.7. The van der Waals surface area contributed by atoms with Gasteiger partial charge in [-0.05, 0) is 31.2 Å². The Morgan fingerprint density at radius 3 is 2.86 bits per heavy atom. The average molecular weight is 314 g/mol. The van der Waals surface area contributed by atoms with Crippen LogP contribution in [0.5, 0.6) is 5.75 Å². The Kier molecular flexibility index (Phi) is 3.93. The minimum atomic E-state index is -0.228. The molecule has 0 aliphatic rings. The third-order valence-corrected chi connectivity index (χ3v) is 3.93. The maximum Gasteiger partial charge on any atom is 0.230 e. The summed E-state index contributed by atoms with van der Waals surface area (Å²) in [6.45, 7) is 1.87. The second-order valence-corrected chi connectivity index (χ2v) is 5.65. The summed E-state index contributed by atoms with van der Waals surface area (Å²) in [4.78, 5) is 16.4. The highest BCUT2D eigenvalue weighted by molar-refractivity contribution is 7.13. The average Bonchev–Trinajstić information content (AvgIpc) is 3.10. The molecule has 0 bridgehead atoms. The first-order valence-electron chi connectivity index (χ1n) is 6.71. The standard InChI is InChI=1S/C16H14N2O3S/c1-10-6-7-14(21-10)16-17-11(9-22-16)8-15(20)18-12-4-2-3-5-13(12)19/h2-7,9,19H,8H2,1H3,(H,18,20). The third-order valence-electron chi connectivity index (χ3n) is 3.02. The summed E-state index contributed by atoms with van der Waals surface area (Å²) in [5.41, 5.74) is 1.06. The summed E-state index contributed by atoms with van der Waals surface area (Å²) in [6.07, 6.45) is 0.143. The molecule has 0 unspecified atom stereocenters. The Labute approximate surface area is 131 Å². The van der Waals surface area contributed by atoms with E-state index in [0.29, 0.717) is 17.1 Å². The summed E-state index contributed by atoms with van der Waals surface area (Å²) in [6, 6.07) is 10.3. The lowest BCUT2D eigenvalue weighted by Crippen LogP contribution is -2.14. The number of phenols is 1. The van der Waals surface area contributed by atoms with E-state index >= 15 is 0 Å². The van der Waals surface area contributed by atoms with Crippen molar-refractivity contribution in [1.29, 1.82) is 0 Å². The van der Waals surface area contributed by atoms with E-state index in [9.17, 15) is 9.90 Å². The number of rotatable bonds is 4. The number of aromatic hydroxyl groups is 1. The number of hydrogen-bond donors (Lipinski definition) is 2. The minimum absolute atomic E-state index is 0.0425. The van der Waals surface area contributed by atoms with Gasteiger partial charge in [-0.15, -0.1) is 11.3 Å². The molecule has 5 nitrogen and oxygen atoms in total. The second kappa shape index (κ2) is 6.03. The van der Waals surface area contributed by atoms with Gasteiger partial charge in [-0.2, -0.15) is 0 Å². The van der Waals surface area contributed by atoms with E-state index in [4.69, 9.17) is 4.42 Å². The lowest BCUT2D eigenvalue weighted by molar-refractivity contribution is -0.115. The van der Waals surface area contributed by atoms with Crippen molar-refractivity contribution >= 4 is 22.9 Å². The van der Waals surface area contributed by atoms with Crippen LogP contribution in [-0.2, 0) is 11.2 Å². The fourth-order valence-corrected chi connectivity index (χ4v) is 2.77. The van der Waals surface area contributed by atoms with Crippen molar-refractivity contribution in [3.63, 3.8) is 0 Å². The highest BCUT2D eigenvalue weighted by Gasteiger charge is 2.12. The SMILES string of the molecule is Cc1ccc(-c2nc(CC(=O)Nc3ccccc3O)cs2)o1. The molecule has 2 N–H and O–H groups in total. The van der Waals surface area contributed by atoms with E-state index < -0.39 is 0 Å². The maximum atomic E-state index is 12.0. The zero-order chi connectivity index (χ0) is 15.5. The third kappa shape index (κ3) is 3.17. The highest BCUT2D eigenvalue weighted by atomic mass is 32.1. The van der Waals surface area contributed by atoms with Crippen LogP contribution in [0, 0.1) is 6.92 Å². The number of aromatic nitrogens is 1. The predicted octanol–water partition coefficient (Wildman–Crippen LogP) is 3.60. The molecule has 1 aromatic carbocycles. The molecule has 6 heteroatoms. The first-order valence-corrected chi connectivity index (χ1v) is 7.59. The monoisotopic (exact) mass is 314 g/mol. The van der Waals surface area contributed by atoms with Gasteiger partial charge in [-0.25, -0.2) is 4.98 Å². The Morgan fingerprint density at radius 2 is 2.14 bits per heavy atom. The smallest absolute Gasteiger partial charge is 0.230 e. The number of carbonyl (C=O) groups is 1. The molecule has 1 amide bonds. The molecule has 0 aliphatic heterocycles. The van der Waals surface area contributed by atoms with Gasteiger partial charge in [0.05, 0.1) is 17.8 Å². The predicted molar refractivity (Wildman–Crippen MR) is 85.0 cm³/mol. The molecule has 22 heavy (non-hydrogen) atoms. The van der Waals surface area contributed by atoms with Crippen molar-refractivity contribution in [3.05, 3.63) is 53.2 Å². The number of benzene rings is 1. The number of thiazole rings is 1. The van der Waals surface area contributed by atoms with Crippen LogP contribution in [0.2, 0.25) is 0 Å². The van der Waals surface area contributed by atoms with E-state index in [1.165, 1.54) is 17.4 Å². The van der Waals surface area contributed by atoms with E-state index in [-0.39, 0.29) is 18.1 Å². The van der Waals surface area contributed by atoms with Crippen molar-refractivity contribution in [2.24, 2.45) is 0 Å². The number of amides is 1. The molecular formula is C16H14N2O3S. The van der Waals surface area contributed by atoms with Gasteiger partial charge in [-0.1, -0.05) is 12.1 Å². The topological polar surface area (TPSA) is 75.4 Å². The molecule has 3 aromatic rings. The van der Waals surface area contributed by atoms with Crippen molar-refractivity contribution in [2.45, 2.75) is 13.3 Å². The lowest BCUT2D eigenvalue weighted by Gasteiger charge is -2.05. The van der Waals surface area contributed by atoms with Gasteiger partial charge < -0.3 is 14.8 Å². The number of phenolic OH excluding ortho intramolecular Hbond substituents is 1. The van der Waals surface area contributed by atoms with Crippen LogP contribution in [0.1, 0.15) is 11.5 Å². The van der Waals surface area contributed by atoms with Gasteiger partial charge in [-0.3, -0.25) is 4.79 Å². The van der Waals surface area contributed by atoms with Gasteiger partial charge in [0.15, 0.2) is 10.8 Å². The van der Waals surface area contributed by atoms with Crippen molar-refractivity contribution in [1.82, 2.24) is 4.98 Å². The summed E-state index contributed by atoms with van der Waals surface area (Å²) < 4.78 is 5.51. The second-order valence-electron chi connectivity index (χ2n) is 4.80. The largest absolute Gasteiger partial charge is 0.506 e. The Bertz CT molecular complexity index is 807. The van der Waals surface area contributed by atoms with E-state index in [1.807, 2.05) is 24.4 Å². The van der Waals surface area contributed by atoms with E-state index in [0.717, 1.165) is 10.8 Å². The fraction of sp³-hybridized carbons (Fsp3) is 0.125. The Morgan fingerprint density at radius 1 is 1.32 bits per heavy atom. The molecule has 2 heterocycles. The normalized spacial score (nSPS) is 10.6. The molecule has 112 valence electrons. The molecule has 0 saturated heterocycles. The maximum absolute atomic E-state index is 12.0. The molecule has 0 radical (unpaired) electrons. The van der Waals surface area contributed by atoms with E-state index in [2.05, 4.69) is 10.3 Å². The summed E-state index contributed by atoms with van der Waals surface area (Å²) in [5.74, 6) is 1.34. The molecule has 2 aromatic heterocycles. The van der Waals surface area contributed by atoms with Crippen LogP contribution in [0.15, 0.2) is 46.2 Å². The summed E-state index contributed by atoms with van der Waals surface area (Å²) in [7, 11) is 0. The minimum Gasteiger partial charge on any atom is -0.506 e. The number of furan rings is 1. The van der Waals surface area contributed by atoms with Crippen LogP contribution in [0.3, 0.4) is 0 Å². The molecule has 0 atom stereocenters. The summed E-state index contributed by atoms with van der Waals surface area (Å²) in [5, 5.41) is 14.9. The Hall–Kier alpha value is -2.60. The van der Waals surface area contributed by atoms with Crippen LogP contribution in [0.25, 0.3) is 10.8 Å². The molecule has 0 fully saturated rings. The highest BCUT2D eigenvalue weighted by Crippen LogP contribution is 2.26. The molecule has 0 saturated carbocycles. The van der Waals surface area contributed by atoms with Gasteiger partial charge in [0, 0.05) is 5.38 Å². The number of nitrogens with zero attached hydrogens (tertiary/aromatic N) is 1. The number of aryl methyl sites for hydroxylation is 1.